The molecule has 0 spiro atoms. The van der Waals surface area contributed by atoms with Crippen LogP contribution in [-0.2, 0) is 4.79 Å². The van der Waals surface area contributed by atoms with Crippen molar-refractivity contribution in [3.05, 3.63) is 28.3 Å². The van der Waals surface area contributed by atoms with Crippen molar-refractivity contribution >= 4 is 17.3 Å². The maximum atomic E-state index is 11.4. The van der Waals surface area contributed by atoms with Crippen LogP contribution in [0.4, 0.5) is 11.4 Å². The van der Waals surface area contributed by atoms with E-state index >= 15 is 0 Å². The molecule has 2 N–H and O–H groups in total. The van der Waals surface area contributed by atoms with Crippen molar-refractivity contribution in [3.8, 4) is 5.75 Å². The van der Waals surface area contributed by atoms with Gasteiger partial charge in [0, 0.05) is 24.9 Å². The number of nitrogens with zero attached hydrogens (tertiary/aromatic N) is 1. The van der Waals surface area contributed by atoms with E-state index in [1.807, 2.05) is 0 Å². The lowest BCUT2D eigenvalue weighted by atomic mass is 10.2. The summed E-state index contributed by atoms with van der Waals surface area (Å²) in [5.41, 5.74) is 0.491. The van der Waals surface area contributed by atoms with Crippen LogP contribution in [0.5, 0.6) is 5.75 Å². The molecule has 0 bridgehead atoms. The van der Waals surface area contributed by atoms with Crippen LogP contribution in [0.1, 0.15) is 13.8 Å². The Morgan fingerprint density at radius 3 is 2.74 bits per heavy atom. The molecule has 1 aromatic rings. The van der Waals surface area contributed by atoms with Gasteiger partial charge in [0.25, 0.3) is 0 Å². The van der Waals surface area contributed by atoms with Crippen LogP contribution < -0.4 is 15.4 Å². The molecule has 0 aliphatic carbocycles. The van der Waals surface area contributed by atoms with E-state index in [1.54, 1.807) is 27.0 Å². The van der Waals surface area contributed by atoms with Crippen LogP contribution in [0.15, 0.2) is 18.2 Å². The summed E-state index contributed by atoms with van der Waals surface area (Å²) in [6.45, 7) is 3.77. The molecule has 0 fully saturated rings. The van der Waals surface area contributed by atoms with Crippen molar-refractivity contribution in [1.82, 2.24) is 5.32 Å². The number of hydrogen-bond acceptors (Lipinski definition) is 5. The van der Waals surface area contributed by atoms with Gasteiger partial charge in [-0.3, -0.25) is 14.9 Å². The van der Waals surface area contributed by atoms with Gasteiger partial charge < -0.3 is 15.4 Å². The van der Waals surface area contributed by atoms with Gasteiger partial charge in [0.15, 0.2) is 5.75 Å². The molecule has 1 amide bonds. The Bertz CT molecular complexity index is 476. The van der Waals surface area contributed by atoms with Crippen molar-refractivity contribution in [2.24, 2.45) is 0 Å². The number of carbonyl (C=O) groups is 1. The number of anilines is 1. The van der Waals surface area contributed by atoms with Gasteiger partial charge in [-0.1, -0.05) is 0 Å². The minimum absolute atomic E-state index is 0.0972. The molecule has 1 unspecified atom stereocenters. The molecular weight excluding hydrogens is 250 g/mol. The number of carbonyl (C=O) groups excluding carboxylic acids is 1. The summed E-state index contributed by atoms with van der Waals surface area (Å²) in [4.78, 5) is 21.7. The maximum absolute atomic E-state index is 11.4. The van der Waals surface area contributed by atoms with Gasteiger partial charge in [-0.2, -0.15) is 0 Å². The Hall–Kier alpha value is -2.31. The quantitative estimate of drug-likeness (QED) is 0.602. The highest BCUT2D eigenvalue weighted by molar-refractivity contribution is 5.84. The number of hydrogen-bond donors (Lipinski definition) is 2. The van der Waals surface area contributed by atoms with Crippen LogP contribution in [0.25, 0.3) is 0 Å². The van der Waals surface area contributed by atoms with Crippen LogP contribution in [-0.4, -0.2) is 30.5 Å². The van der Waals surface area contributed by atoms with E-state index in [4.69, 9.17) is 4.74 Å². The minimum Gasteiger partial charge on any atom is -0.487 e. The van der Waals surface area contributed by atoms with E-state index in [2.05, 4.69) is 10.6 Å². The fourth-order valence-electron chi connectivity index (χ4n) is 1.56. The first-order chi connectivity index (χ1) is 8.99. The lowest BCUT2D eigenvalue weighted by Gasteiger charge is -2.14. The highest BCUT2D eigenvalue weighted by Crippen LogP contribution is 2.30. The zero-order valence-electron chi connectivity index (χ0n) is 11.1. The lowest BCUT2D eigenvalue weighted by Crippen LogP contribution is -2.35. The van der Waals surface area contributed by atoms with Gasteiger partial charge in [0.2, 0.25) is 5.91 Å². The smallest absolute Gasteiger partial charge is 0.311 e. The van der Waals surface area contributed by atoms with Crippen molar-refractivity contribution in [2.45, 2.75) is 19.9 Å². The van der Waals surface area contributed by atoms with E-state index in [9.17, 15) is 14.9 Å². The first-order valence-corrected chi connectivity index (χ1v) is 5.89. The Morgan fingerprint density at radius 2 is 2.21 bits per heavy atom. The monoisotopic (exact) mass is 267 g/mol. The van der Waals surface area contributed by atoms with Gasteiger partial charge >= 0.3 is 5.69 Å². The number of nitro groups is 1. The maximum Gasteiger partial charge on any atom is 0.311 e. The number of nitro benzene ring substituents is 1. The molecule has 104 valence electrons. The van der Waals surface area contributed by atoms with Crippen LogP contribution in [0.2, 0.25) is 0 Å². The average molecular weight is 267 g/mol. The normalized spacial score (nSPS) is 11.5. The minimum atomic E-state index is -0.503. The summed E-state index contributed by atoms with van der Waals surface area (Å²) in [6.07, 6.45) is 0. The molecule has 0 saturated heterocycles. The molecule has 0 aromatic heterocycles. The van der Waals surface area contributed by atoms with E-state index < -0.39 is 11.0 Å². The Balaban J connectivity index is 2.95. The molecule has 1 aromatic carbocycles. The Morgan fingerprint density at radius 1 is 1.53 bits per heavy atom. The van der Waals surface area contributed by atoms with Gasteiger partial charge in [0.1, 0.15) is 6.04 Å². The van der Waals surface area contributed by atoms with Crippen LogP contribution in [0, 0.1) is 10.1 Å². The predicted molar refractivity (Wildman–Crippen MR) is 71.4 cm³/mol. The highest BCUT2D eigenvalue weighted by atomic mass is 16.6. The molecule has 0 aliphatic rings. The summed E-state index contributed by atoms with van der Waals surface area (Å²) in [6, 6.07) is 3.96. The summed E-state index contributed by atoms with van der Waals surface area (Å²) >= 11 is 0. The van der Waals surface area contributed by atoms with E-state index in [0.717, 1.165) is 0 Å². The first kappa shape index (κ1) is 14.7. The van der Waals surface area contributed by atoms with E-state index in [1.165, 1.54) is 12.1 Å². The van der Waals surface area contributed by atoms with Gasteiger partial charge in [-0.15, -0.1) is 0 Å². The van der Waals surface area contributed by atoms with Crippen LogP contribution in [0.3, 0.4) is 0 Å². The molecular formula is C12H17N3O4. The molecule has 1 rings (SSSR count). The van der Waals surface area contributed by atoms with Crippen molar-refractivity contribution in [3.63, 3.8) is 0 Å². The average Bonchev–Trinajstić information content (AvgIpc) is 2.38. The second-order valence-corrected chi connectivity index (χ2v) is 3.85. The van der Waals surface area contributed by atoms with Crippen molar-refractivity contribution < 1.29 is 14.5 Å². The third kappa shape index (κ3) is 3.84. The molecule has 0 aliphatic heterocycles. The second kappa shape index (κ2) is 6.58. The largest absolute Gasteiger partial charge is 0.487 e. The predicted octanol–water partition coefficient (Wildman–Crippen LogP) is 1.54. The molecule has 7 heteroatoms. The number of ether oxygens (including phenoxy) is 1. The fraction of sp³-hybridized carbons (Fsp3) is 0.417. The number of likely N-dealkylation sites (N-methyl/N-ethyl adjacent to an activating group) is 1. The Labute approximate surface area is 111 Å². The summed E-state index contributed by atoms with van der Waals surface area (Å²) in [5, 5.41) is 16.3. The number of nitrogens with one attached hydrogen (secondary N) is 2. The SMILES string of the molecule is CCOc1cc(NC(C)C(=O)NC)ccc1[N+](=O)[O-]. The highest BCUT2D eigenvalue weighted by Gasteiger charge is 2.17. The summed E-state index contributed by atoms with van der Waals surface area (Å²) in [5.74, 6) is 0.0120. The third-order valence-corrected chi connectivity index (χ3v) is 2.48. The lowest BCUT2D eigenvalue weighted by molar-refractivity contribution is -0.385. The first-order valence-electron chi connectivity index (χ1n) is 5.89. The molecule has 0 saturated carbocycles. The van der Waals surface area contributed by atoms with Gasteiger partial charge in [0.05, 0.1) is 11.5 Å². The fourth-order valence-corrected chi connectivity index (χ4v) is 1.56. The van der Waals surface area contributed by atoms with Crippen LogP contribution >= 0.6 is 0 Å². The zero-order valence-corrected chi connectivity index (χ0v) is 11.1. The molecule has 0 radical (unpaired) electrons. The topological polar surface area (TPSA) is 93.5 Å². The summed E-state index contributed by atoms with van der Waals surface area (Å²) in [7, 11) is 1.54. The standard InChI is InChI=1S/C12H17N3O4/c1-4-19-11-7-9(5-6-10(11)15(17)18)14-8(2)12(16)13-3/h5-8,14H,4H2,1-3H3,(H,13,16). The molecule has 7 nitrogen and oxygen atoms in total. The number of amides is 1. The number of benzene rings is 1. The van der Waals surface area contributed by atoms with Crippen molar-refractivity contribution in [2.75, 3.05) is 19.0 Å². The van der Waals surface area contributed by atoms with E-state index in [0.29, 0.717) is 12.3 Å². The zero-order chi connectivity index (χ0) is 14.4. The molecule has 1 atom stereocenters. The molecule has 0 heterocycles. The van der Waals surface area contributed by atoms with E-state index in [-0.39, 0.29) is 17.3 Å². The molecule has 19 heavy (non-hydrogen) atoms. The van der Waals surface area contributed by atoms with Crippen molar-refractivity contribution in [1.29, 1.82) is 0 Å². The second-order valence-electron chi connectivity index (χ2n) is 3.85. The summed E-state index contributed by atoms with van der Waals surface area (Å²) < 4.78 is 5.23. The van der Waals surface area contributed by atoms with Gasteiger partial charge in [-0.05, 0) is 19.9 Å². The third-order valence-electron chi connectivity index (χ3n) is 2.48. The Kier molecular flexibility index (Phi) is 5.11. The van der Waals surface area contributed by atoms with Gasteiger partial charge in [-0.25, -0.2) is 0 Å². The number of rotatable bonds is 6.